The van der Waals surface area contributed by atoms with Gasteiger partial charge in [-0.25, -0.2) is 0 Å². The highest BCUT2D eigenvalue weighted by molar-refractivity contribution is 8.00. The van der Waals surface area contributed by atoms with E-state index in [1.807, 2.05) is 30.1 Å². The SMILES string of the molecule is C[C@@H](O)c1ccc(SC2CCOCC2)cn1. The molecule has 1 aliphatic rings. The first kappa shape index (κ1) is 11.9. The number of aliphatic hydroxyl groups is 1. The fourth-order valence-electron chi connectivity index (χ4n) is 1.69. The summed E-state index contributed by atoms with van der Waals surface area (Å²) in [4.78, 5) is 5.42. The Kier molecular flexibility index (Phi) is 4.21. The van der Waals surface area contributed by atoms with E-state index in [0.717, 1.165) is 31.7 Å². The second kappa shape index (κ2) is 5.66. The molecule has 1 aliphatic heterocycles. The number of thioether (sulfide) groups is 1. The van der Waals surface area contributed by atoms with Crippen molar-refractivity contribution in [2.24, 2.45) is 0 Å². The average molecular weight is 239 g/mol. The number of aliphatic hydroxyl groups excluding tert-OH is 1. The third kappa shape index (κ3) is 3.20. The fourth-order valence-corrected chi connectivity index (χ4v) is 2.77. The summed E-state index contributed by atoms with van der Waals surface area (Å²) in [7, 11) is 0. The molecule has 2 rings (SSSR count). The summed E-state index contributed by atoms with van der Waals surface area (Å²) < 4.78 is 5.33. The van der Waals surface area contributed by atoms with E-state index in [9.17, 15) is 5.11 Å². The van der Waals surface area contributed by atoms with Gasteiger partial charge < -0.3 is 9.84 Å². The zero-order valence-electron chi connectivity index (χ0n) is 9.43. The Hall–Kier alpha value is -0.580. The van der Waals surface area contributed by atoms with Crippen LogP contribution in [-0.4, -0.2) is 28.6 Å². The Bertz CT molecular complexity index is 320. The summed E-state index contributed by atoms with van der Waals surface area (Å²) in [5.74, 6) is 0. The van der Waals surface area contributed by atoms with Crippen molar-refractivity contribution in [2.75, 3.05) is 13.2 Å². The normalized spacial score (nSPS) is 19.6. The summed E-state index contributed by atoms with van der Waals surface area (Å²) in [6.45, 7) is 3.47. The Morgan fingerprint density at radius 2 is 2.19 bits per heavy atom. The van der Waals surface area contributed by atoms with Crippen LogP contribution in [0.5, 0.6) is 0 Å². The summed E-state index contributed by atoms with van der Waals surface area (Å²) >= 11 is 1.86. The van der Waals surface area contributed by atoms with Crippen LogP contribution in [0.3, 0.4) is 0 Å². The summed E-state index contributed by atoms with van der Waals surface area (Å²) in [6.07, 6.45) is 3.59. The van der Waals surface area contributed by atoms with Gasteiger partial charge in [-0.05, 0) is 31.9 Å². The van der Waals surface area contributed by atoms with Gasteiger partial charge in [0.25, 0.3) is 0 Å². The number of pyridine rings is 1. The molecule has 0 saturated carbocycles. The van der Waals surface area contributed by atoms with Crippen molar-refractivity contribution >= 4 is 11.8 Å². The van der Waals surface area contributed by atoms with Gasteiger partial charge in [0, 0.05) is 29.6 Å². The van der Waals surface area contributed by atoms with Crippen molar-refractivity contribution in [3.05, 3.63) is 24.0 Å². The van der Waals surface area contributed by atoms with Gasteiger partial charge >= 0.3 is 0 Å². The summed E-state index contributed by atoms with van der Waals surface area (Å²) in [6, 6.07) is 3.93. The molecule has 4 heteroatoms. The van der Waals surface area contributed by atoms with E-state index in [0.29, 0.717) is 5.25 Å². The predicted molar refractivity (Wildman–Crippen MR) is 64.6 cm³/mol. The van der Waals surface area contributed by atoms with Gasteiger partial charge in [0.15, 0.2) is 0 Å². The van der Waals surface area contributed by atoms with Crippen LogP contribution in [0.4, 0.5) is 0 Å². The molecule has 1 fully saturated rings. The molecule has 0 spiro atoms. The van der Waals surface area contributed by atoms with Gasteiger partial charge in [0.05, 0.1) is 11.8 Å². The molecule has 3 nitrogen and oxygen atoms in total. The van der Waals surface area contributed by atoms with Gasteiger partial charge in [-0.2, -0.15) is 0 Å². The molecule has 2 heterocycles. The summed E-state index contributed by atoms with van der Waals surface area (Å²) in [5, 5.41) is 10.00. The third-order valence-electron chi connectivity index (χ3n) is 2.66. The van der Waals surface area contributed by atoms with E-state index in [1.165, 1.54) is 4.90 Å². The molecular weight excluding hydrogens is 222 g/mol. The first-order chi connectivity index (χ1) is 7.75. The Balaban J connectivity index is 1.93. The van der Waals surface area contributed by atoms with Crippen LogP contribution in [0.15, 0.2) is 23.2 Å². The minimum Gasteiger partial charge on any atom is -0.387 e. The number of aromatic nitrogens is 1. The van der Waals surface area contributed by atoms with Crippen LogP contribution in [0.25, 0.3) is 0 Å². The lowest BCUT2D eigenvalue weighted by atomic mass is 10.2. The van der Waals surface area contributed by atoms with Crippen LogP contribution in [0, 0.1) is 0 Å². The van der Waals surface area contributed by atoms with Gasteiger partial charge in [0.1, 0.15) is 0 Å². The molecule has 0 aliphatic carbocycles. The van der Waals surface area contributed by atoms with E-state index in [-0.39, 0.29) is 0 Å². The van der Waals surface area contributed by atoms with E-state index < -0.39 is 6.10 Å². The Morgan fingerprint density at radius 1 is 1.44 bits per heavy atom. The van der Waals surface area contributed by atoms with Crippen molar-refractivity contribution < 1.29 is 9.84 Å². The highest BCUT2D eigenvalue weighted by atomic mass is 32.2. The predicted octanol–water partition coefficient (Wildman–Crippen LogP) is 2.41. The maximum atomic E-state index is 9.35. The minimum absolute atomic E-state index is 0.484. The Morgan fingerprint density at radius 3 is 2.75 bits per heavy atom. The van der Waals surface area contributed by atoms with Crippen LogP contribution < -0.4 is 0 Å². The van der Waals surface area contributed by atoms with E-state index >= 15 is 0 Å². The van der Waals surface area contributed by atoms with Crippen molar-refractivity contribution in [1.29, 1.82) is 0 Å². The van der Waals surface area contributed by atoms with Crippen molar-refractivity contribution in [1.82, 2.24) is 4.98 Å². The number of hydrogen-bond donors (Lipinski definition) is 1. The molecule has 0 amide bonds. The topological polar surface area (TPSA) is 42.4 Å². The van der Waals surface area contributed by atoms with Crippen molar-refractivity contribution in [3.8, 4) is 0 Å². The third-order valence-corrected chi connectivity index (χ3v) is 3.98. The molecule has 1 N–H and O–H groups in total. The standard InChI is InChI=1S/C12H17NO2S/c1-9(14)12-3-2-11(8-13-12)16-10-4-6-15-7-5-10/h2-3,8-10,14H,4-7H2,1H3/t9-/m1/s1. The fraction of sp³-hybridized carbons (Fsp3) is 0.583. The van der Waals surface area contributed by atoms with Gasteiger partial charge in [-0.3, -0.25) is 4.98 Å². The van der Waals surface area contributed by atoms with Crippen molar-refractivity contribution in [2.45, 2.75) is 36.0 Å². The molecule has 1 atom stereocenters. The zero-order chi connectivity index (χ0) is 11.4. The highest BCUT2D eigenvalue weighted by Crippen LogP contribution is 2.29. The van der Waals surface area contributed by atoms with E-state index in [2.05, 4.69) is 4.98 Å². The monoisotopic (exact) mass is 239 g/mol. The first-order valence-electron chi connectivity index (χ1n) is 5.64. The Labute approximate surface area is 100 Å². The van der Waals surface area contributed by atoms with E-state index in [1.54, 1.807) is 6.92 Å². The second-order valence-corrected chi connectivity index (χ2v) is 5.40. The van der Waals surface area contributed by atoms with Crippen LogP contribution in [0.1, 0.15) is 31.6 Å². The minimum atomic E-state index is -0.484. The number of rotatable bonds is 3. The molecule has 0 aromatic carbocycles. The smallest absolute Gasteiger partial charge is 0.0931 e. The van der Waals surface area contributed by atoms with Gasteiger partial charge in [0.2, 0.25) is 0 Å². The number of nitrogens with zero attached hydrogens (tertiary/aromatic N) is 1. The maximum Gasteiger partial charge on any atom is 0.0931 e. The lowest BCUT2D eigenvalue weighted by Crippen LogP contribution is -2.17. The second-order valence-electron chi connectivity index (χ2n) is 4.02. The number of ether oxygens (including phenoxy) is 1. The molecule has 1 aromatic rings. The molecular formula is C12H17NO2S. The lowest BCUT2D eigenvalue weighted by Gasteiger charge is -2.21. The average Bonchev–Trinajstić information content (AvgIpc) is 2.31. The van der Waals surface area contributed by atoms with Crippen LogP contribution in [-0.2, 0) is 4.74 Å². The van der Waals surface area contributed by atoms with Gasteiger partial charge in [-0.15, -0.1) is 11.8 Å². The zero-order valence-corrected chi connectivity index (χ0v) is 10.2. The lowest BCUT2D eigenvalue weighted by molar-refractivity contribution is 0.100. The molecule has 0 unspecified atom stereocenters. The number of hydrogen-bond acceptors (Lipinski definition) is 4. The molecule has 88 valence electrons. The highest BCUT2D eigenvalue weighted by Gasteiger charge is 2.15. The quantitative estimate of drug-likeness (QED) is 0.879. The maximum absolute atomic E-state index is 9.35. The largest absolute Gasteiger partial charge is 0.387 e. The molecule has 1 saturated heterocycles. The van der Waals surface area contributed by atoms with E-state index in [4.69, 9.17) is 4.74 Å². The molecule has 0 radical (unpaired) electrons. The molecule has 1 aromatic heterocycles. The first-order valence-corrected chi connectivity index (χ1v) is 6.52. The summed E-state index contributed by atoms with van der Waals surface area (Å²) in [5.41, 5.74) is 0.733. The molecule has 0 bridgehead atoms. The van der Waals surface area contributed by atoms with Crippen LogP contribution >= 0.6 is 11.8 Å². The van der Waals surface area contributed by atoms with Crippen LogP contribution in [0.2, 0.25) is 0 Å². The molecule has 16 heavy (non-hydrogen) atoms. The van der Waals surface area contributed by atoms with Crippen molar-refractivity contribution in [3.63, 3.8) is 0 Å². The van der Waals surface area contributed by atoms with Gasteiger partial charge in [-0.1, -0.05) is 0 Å².